The van der Waals surface area contributed by atoms with E-state index in [1.54, 1.807) is 18.2 Å². The summed E-state index contributed by atoms with van der Waals surface area (Å²) in [5, 5.41) is 4.98. The van der Waals surface area contributed by atoms with E-state index >= 15 is 0 Å². The van der Waals surface area contributed by atoms with Crippen LogP contribution in [0, 0.1) is 6.92 Å². The largest absolute Gasteiger partial charge is 0.423 e. The molecule has 0 amide bonds. The summed E-state index contributed by atoms with van der Waals surface area (Å²) < 4.78 is 27.4. The Bertz CT molecular complexity index is 736. The third-order valence-electron chi connectivity index (χ3n) is 2.62. The third kappa shape index (κ3) is 3.43. The van der Waals surface area contributed by atoms with Crippen LogP contribution in [0.15, 0.2) is 53.4 Å². The molecule has 0 bridgehead atoms. The molecule has 0 aliphatic rings. The van der Waals surface area contributed by atoms with Crippen molar-refractivity contribution in [1.82, 2.24) is 0 Å². The van der Waals surface area contributed by atoms with Crippen LogP contribution in [-0.4, -0.2) is 14.4 Å². The Morgan fingerprint density at radius 2 is 1.75 bits per heavy atom. The van der Waals surface area contributed by atoms with E-state index in [0.29, 0.717) is 5.75 Å². The molecule has 2 aromatic carbocycles. The summed E-state index contributed by atoms with van der Waals surface area (Å²) >= 11 is 0. The number of benzene rings is 2. The summed E-state index contributed by atoms with van der Waals surface area (Å²) in [6, 6.07) is 12.3. The molecule has 2 rings (SSSR count). The van der Waals surface area contributed by atoms with Gasteiger partial charge in [-0.25, -0.2) is 18.4 Å². The van der Waals surface area contributed by atoms with Gasteiger partial charge in [-0.05, 0) is 48.9 Å². The van der Waals surface area contributed by atoms with Gasteiger partial charge in [0, 0.05) is 0 Å². The molecule has 0 unspecified atom stereocenters. The predicted molar refractivity (Wildman–Crippen MR) is 74.0 cm³/mol. The minimum absolute atomic E-state index is 0.0513. The second kappa shape index (κ2) is 5.44. The van der Waals surface area contributed by atoms with Gasteiger partial charge in [0.15, 0.2) is 0 Å². The molecule has 0 saturated carbocycles. The van der Waals surface area contributed by atoms with E-state index in [2.05, 4.69) is 0 Å². The van der Waals surface area contributed by atoms with Crippen LogP contribution in [0.25, 0.3) is 0 Å². The maximum absolute atomic E-state index is 11.9. The van der Waals surface area contributed by atoms with Crippen molar-refractivity contribution in [2.45, 2.75) is 11.8 Å². The zero-order valence-electron chi connectivity index (χ0n) is 10.7. The maximum Gasteiger partial charge on any atom is 0.343 e. The van der Waals surface area contributed by atoms with Gasteiger partial charge in [0.25, 0.3) is 0 Å². The Hall–Kier alpha value is -2.18. The Kier molecular flexibility index (Phi) is 3.87. The first-order valence-corrected chi connectivity index (χ1v) is 7.32. The Balaban J connectivity index is 2.18. The number of carbonyl (C=O) groups is 1. The summed E-state index contributed by atoms with van der Waals surface area (Å²) in [6.07, 6.45) is 0. The van der Waals surface area contributed by atoms with Gasteiger partial charge in [-0.3, -0.25) is 0 Å². The average molecular weight is 291 g/mol. The second-order valence-corrected chi connectivity index (χ2v) is 5.84. The molecule has 6 heteroatoms. The molecule has 2 N–H and O–H groups in total. The zero-order valence-corrected chi connectivity index (χ0v) is 11.6. The van der Waals surface area contributed by atoms with Crippen molar-refractivity contribution in [3.05, 3.63) is 59.7 Å². The average Bonchev–Trinajstić information content (AvgIpc) is 2.38. The fourth-order valence-electron chi connectivity index (χ4n) is 1.63. The van der Waals surface area contributed by atoms with Crippen molar-refractivity contribution >= 4 is 16.0 Å². The second-order valence-electron chi connectivity index (χ2n) is 4.28. The number of hydrogen-bond donors (Lipinski definition) is 1. The van der Waals surface area contributed by atoms with Crippen LogP contribution in [-0.2, 0) is 10.0 Å². The normalized spacial score (nSPS) is 11.1. The van der Waals surface area contributed by atoms with E-state index in [9.17, 15) is 13.2 Å². The van der Waals surface area contributed by atoms with Crippen molar-refractivity contribution in [3.8, 4) is 5.75 Å². The molecule has 0 aliphatic carbocycles. The molecule has 0 fully saturated rings. The van der Waals surface area contributed by atoms with Gasteiger partial charge >= 0.3 is 5.97 Å². The molecule has 104 valence electrons. The van der Waals surface area contributed by atoms with Crippen LogP contribution in [0.2, 0.25) is 0 Å². The fraction of sp³-hybridized carbons (Fsp3) is 0.0714. The van der Waals surface area contributed by atoms with Gasteiger partial charge in [-0.15, -0.1) is 0 Å². The van der Waals surface area contributed by atoms with E-state index in [1.165, 1.54) is 24.3 Å². The SMILES string of the molecule is Cc1cccc(OC(=O)c2ccc(S(N)(=O)=O)cc2)c1. The lowest BCUT2D eigenvalue weighted by molar-refractivity contribution is 0.0734. The summed E-state index contributed by atoms with van der Waals surface area (Å²) in [5.41, 5.74) is 1.22. The van der Waals surface area contributed by atoms with Crippen LogP contribution in [0.4, 0.5) is 0 Å². The minimum atomic E-state index is -3.76. The Morgan fingerprint density at radius 1 is 1.10 bits per heavy atom. The lowest BCUT2D eigenvalue weighted by Crippen LogP contribution is -2.13. The van der Waals surface area contributed by atoms with Gasteiger partial charge in [-0.2, -0.15) is 0 Å². The van der Waals surface area contributed by atoms with Crippen molar-refractivity contribution in [3.63, 3.8) is 0 Å². The number of ether oxygens (including phenoxy) is 1. The molecule has 0 spiro atoms. The Labute approximate surface area is 117 Å². The van der Waals surface area contributed by atoms with Gasteiger partial charge in [-0.1, -0.05) is 12.1 Å². The molecule has 2 aromatic rings. The monoisotopic (exact) mass is 291 g/mol. The van der Waals surface area contributed by atoms with Gasteiger partial charge in [0.1, 0.15) is 5.75 Å². The maximum atomic E-state index is 11.9. The van der Waals surface area contributed by atoms with Crippen molar-refractivity contribution < 1.29 is 17.9 Å². The molecular weight excluding hydrogens is 278 g/mol. The molecule has 0 radical (unpaired) electrons. The highest BCUT2D eigenvalue weighted by atomic mass is 32.2. The first-order valence-electron chi connectivity index (χ1n) is 5.78. The zero-order chi connectivity index (χ0) is 14.8. The van der Waals surface area contributed by atoms with Crippen molar-refractivity contribution in [2.75, 3.05) is 0 Å². The number of aryl methyl sites for hydroxylation is 1. The molecule has 0 aromatic heterocycles. The van der Waals surface area contributed by atoms with Gasteiger partial charge in [0.2, 0.25) is 10.0 Å². The van der Waals surface area contributed by atoms with Gasteiger partial charge < -0.3 is 4.74 Å². The van der Waals surface area contributed by atoms with Crippen LogP contribution in [0.1, 0.15) is 15.9 Å². The third-order valence-corrected chi connectivity index (χ3v) is 3.55. The lowest BCUT2D eigenvalue weighted by Gasteiger charge is -2.05. The lowest BCUT2D eigenvalue weighted by atomic mass is 10.2. The van der Waals surface area contributed by atoms with Gasteiger partial charge in [0.05, 0.1) is 10.5 Å². The van der Waals surface area contributed by atoms with Crippen molar-refractivity contribution in [2.24, 2.45) is 5.14 Å². The molecule has 0 saturated heterocycles. The summed E-state index contributed by atoms with van der Waals surface area (Å²) in [6.45, 7) is 1.89. The summed E-state index contributed by atoms with van der Waals surface area (Å²) in [4.78, 5) is 11.8. The number of nitrogens with two attached hydrogens (primary N) is 1. The topological polar surface area (TPSA) is 86.5 Å². The quantitative estimate of drug-likeness (QED) is 0.690. The Morgan fingerprint density at radius 3 is 2.30 bits per heavy atom. The molecule has 0 heterocycles. The fourth-order valence-corrected chi connectivity index (χ4v) is 2.14. The molecule has 5 nitrogen and oxygen atoms in total. The summed E-state index contributed by atoms with van der Waals surface area (Å²) in [7, 11) is -3.76. The number of hydrogen-bond acceptors (Lipinski definition) is 4. The van der Waals surface area contributed by atoms with E-state index < -0.39 is 16.0 Å². The van der Waals surface area contributed by atoms with E-state index in [1.807, 2.05) is 13.0 Å². The number of rotatable bonds is 3. The molecular formula is C14H13NO4S. The van der Waals surface area contributed by atoms with Crippen LogP contribution >= 0.6 is 0 Å². The molecule has 0 atom stereocenters. The van der Waals surface area contributed by atoms with Crippen molar-refractivity contribution in [1.29, 1.82) is 0 Å². The number of sulfonamides is 1. The smallest absolute Gasteiger partial charge is 0.343 e. The molecule has 20 heavy (non-hydrogen) atoms. The number of primary sulfonamides is 1. The van der Waals surface area contributed by atoms with Crippen LogP contribution in [0.3, 0.4) is 0 Å². The highest BCUT2D eigenvalue weighted by Gasteiger charge is 2.12. The highest BCUT2D eigenvalue weighted by Crippen LogP contribution is 2.15. The van der Waals surface area contributed by atoms with E-state index in [4.69, 9.17) is 9.88 Å². The van der Waals surface area contributed by atoms with E-state index in [0.717, 1.165) is 5.56 Å². The number of carbonyl (C=O) groups excluding carboxylic acids is 1. The summed E-state index contributed by atoms with van der Waals surface area (Å²) in [5.74, 6) is -0.123. The highest BCUT2D eigenvalue weighted by molar-refractivity contribution is 7.89. The number of esters is 1. The molecule has 0 aliphatic heterocycles. The minimum Gasteiger partial charge on any atom is -0.423 e. The van der Waals surface area contributed by atoms with Crippen LogP contribution in [0.5, 0.6) is 5.75 Å². The predicted octanol–water partition coefficient (Wildman–Crippen LogP) is 1.86. The first kappa shape index (κ1) is 14.2. The van der Waals surface area contributed by atoms with E-state index in [-0.39, 0.29) is 10.5 Å². The standard InChI is InChI=1S/C14H13NO4S/c1-10-3-2-4-12(9-10)19-14(16)11-5-7-13(8-6-11)20(15,17)18/h2-9H,1H3,(H2,15,17,18). The van der Waals surface area contributed by atoms with Crippen LogP contribution < -0.4 is 9.88 Å². The first-order chi connectivity index (χ1) is 9.36.